The van der Waals surface area contributed by atoms with Gasteiger partial charge < -0.3 is 14.2 Å². The van der Waals surface area contributed by atoms with Gasteiger partial charge in [-0.15, -0.1) is 0 Å². The molecule has 10 heteroatoms. The zero-order chi connectivity index (χ0) is 28.3. The van der Waals surface area contributed by atoms with E-state index in [-0.39, 0.29) is 12.1 Å². The van der Waals surface area contributed by atoms with E-state index in [0.717, 1.165) is 39.8 Å². The lowest BCUT2D eigenvalue weighted by atomic mass is 9.90. The van der Waals surface area contributed by atoms with Crippen molar-refractivity contribution in [2.24, 2.45) is 5.11 Å². The summed E-state index contributed by atoms with van der Waals surface area (Å²) in [6, 6.07) is 11.0. The van der Waals surface area contributed by atoms with Crippen LogP contribution in [0.3, 0.4) is 0 Å². The molecule has 1 aromatic heterocycles. The van der Waals surface area contributed by atoms with E-state index in [9.17, 15) is 9.59 Å². The minimum absolute atomic E-state index is 0.0602. The third-order valence-corrected chi connectivity index (χ3v) is 7.02. The minimum Gasteiger partial charge on any atom is -0.496 e. The van der Waals surface area contributed by atoms with E-state index < -0.39 is 17.7 Å². The lowest BCUT2D eigenvalue weighted by Gasteiger charge is -2.39. The van der Waals surface area contributed by atoms with Crippen molar-refractivity contribution >= 4 is 23.0 Å². The van der Waals surface area contributed by atoms with Crippen LogP contribution in [0.5, 0.6) is 5.75 Å². The summed E-state index contributed by atoms with van der Waals surface area (Å²) in [6.45, 7) is 8.72. The molecule has 0 N–H and O–H groups in total. The number of fused-ring (bicyclic) bond motifs is 1. The monoisotopic (exact) mass is 533 g/mol. The number of piperidine rings is 1. The Labute approximate surface area is 228 Å². The Balaban J connectivity index is 1.74. The Morgan fingerprint density at radius 2 is 1.87 bits per heavy atom. The second-order valence-corrected chi connectivity index (χ2v) is 10.8. The van der Waals surface area contributed by atoms with E-state index in [2.05, 4.69) is 14.9 Å². The predicted octanol–water partition coefficient (Wildman–Crippen LogP) is 6.54. The summed E-state index contributed by atoms with van der Waals surface area (Å²) in [5.74, 6) is 0.342. The smallest absolute Gasteiger partial charge is 0.419 e. The average molecular weight is 534 g/mol. The van der Waals surface area contributed by atoms with Gasteiger partial charge >= 0.3 is 12.1 Å². The fourth-order valence-electron chi connectivity index (χ4n) is 5.24. The Bertz CT molecular complexity index is 1420. The van der Waals surface area contributed by atoms with Crippen molar-refractivity contribution < 1.29 is 23.8 Å². The van der Waals surface area contributed by atoms with Crippen LogP contribution in [0.15, 0.2) is 47.7 Å². The van der Waals surface area contributed by atoms with Crippen LogP contribution in [0.25, 0.3) is 21.3 Å². The molecule has 0 spiro atoms. The van der Waals surface area contributed by atoms with Crippen molar-refractivity contribution in [3.05, 3.63) is 75.3 Å². The zero-order valence-corrected chi connectivity index (χ0v) is 23.3. The summed E-state index contributed by atoms with van der Waals surface area (Å²) >= 11 is 0. The molecule has 0 amide bonds. The standard InChI is InChI=1S/C29H35N5O5/c1-18-15-25(37-5)23(22-12-14-34(26(18)22)28(36)39-29(2,3)4)17-33-13-11-21(31-32-30)16-24(33)19-7-9-20(10-8-19)27(35)38-6/h7-10,12,14-15,21,24H,11,13,16-17H2,1-6H3/t21-,24-/m1/s1. The van der Waals surface area contributed by atoms with Crippen LogP contribution in [0.1, 0.15) is 66.7 Å². The van der Waals surface area contributed by atoms with Crippen LogP contribution in [0, 0.1) is 6.92 Å². The molecule has 206 valence electrons. The molecule has 2 atom stereocenters. The van der Waals surface area contributed by atoms with Crippen LogP contribution >= 0.6 is 0 Å². The molecule has 4 rings (SSSR count). The second-order valence-electron chi connectivity index (χ2n) is 10.8. The van der Waals surface area contributed by atoms with Gasteiger partial charge in [0.15, 0.2) is 0 Å². The van der Waals surface area contributed by atoms with E-state index in [1.807, 2.05) is 52.0 Å². The summed E-state index contributed by atoms with van der Waals surface area (Å²) in [6.07, 6.45) is 2.66. The van der Waals surface area contributed by atoms with Crippen molar-refractivity contribution in [1.29, 1.82) is 0 Å². The highest BCUT2D eigenvalue weighted by atomic mass is 16.6. The Hall–Kier alpha value is -4.01. The van der Waals surface area contributed by atoms with Gasteiger partial charge in [0.25, 0.3) is 0 Å². The quantitative estimate of drug-likeness (QED) is 0.153. The highest BCUT2D eigenvalue weighted by Gasteiger charge is 2.31. The first-order chi connectivity index (χ1) is 18.6. The number of carbonyl (C=O) groups is 2. The summed E-state index contributed by atoms with van der Waals surface area (Å²) in [5.41, 5.74) is 12.6. The molecule has 0 aliphatic carbocycles. The number of methoxy groups -OCH3 is 2. The molecule has 0 radical (unpaired) electrons. The summed E-state index contributed by atoms with van der Waals surface area (Å²) in [7, 11) is 3.00. The molecule has 0 bridgehead atoms. The highest BCUT2D eigenvalue weighted by molar-refractivity contribution is 5.95. The summed E-state index contributed by atoms with van der Waals surface area (Å²) in [5, 5.41) is 4.92. The lowest BCUT2D eigenvalue weighted by Crippen LogP contribution is -2.38. The maximum Gasteiger partial charge on any atom is 0.419 e. The molecule has 10 nitrogen and oxygen atoms in total. The third kappa shape index (κ3) is 6.02. The Morgan fingerprint density at radius 3 is 2.49 bits per heavy atom. The maximum atomic E-state index is 13.0. The number of hydrogen-bond acceptors (Lipinski definition) is 7. The Kier molecular flexibility index (Phi) is 8.18. The summed E-state index contributed by atoms with van der Waals surface area (Å²) in [4.78, 5) is 30.3. The number of aromatic nitrogens is 1. The first-order valence-electron chi connectivity index (χ1n) is 12.9. The molecule has 2 heterocycles. The van der Waals surface area contributed by atoms with Gasteiger partial charge in [0.05, 0.1) is 25.3 Å². The molecule has 1 aliphatic rings. The predicted molar refractivity (Wildman–Crippen MR) is 148 cm³/mol. The van der Waals surface area contributed by atoms with Gasteiger partial charge in [-0.2, -0.15) is 0 Å². The SMILES string of the molecule is COC(=O)c1ccc([C@H]2C[C@H](N=[N+]=[N-])CCN2Cc2c(OC)cc(C)c3c2ccn3C(=O)OC(C)(C)C)cc1. The van der Waals surface area contributed by atoms with Crippen LogP contribution in [0.2, 0.25) is 0 Å². The van der Waals surface area contributed by atoms with Crippen LogP contribution in [-0.2, 0) is 16.0 Å². The zero-order valence-electron chi connectivity index (χ0n) is 23.3. The molecule has 2 aromatic carbocycles. The van der Waals surface area contributed by atoms with Crippen LogP contribution in [-0.4, -0.2) is 53.9 Å². The molecule has 39 heavy (non-hydrogen) atoms. The van der Waals surface area contributed by atoms with Gasteiger partial charge in [-0.25, -0.2) is 9.59 Å². The number of likely N-dealkylation sites (tertiary alicyclic amines) is 1. The first kappa shape index (κ1) is 28.0. The average Bonchev–Trinajstić information content (AvgIpc) is 3.36. The van der Waals surface area contributed by atoms with E-state index in [4.69, 9.17) is 19.7 Å². The van der Waals surface area contributed by atoms with E-state index in [1.54, 1.807) is 30.0 Å². The fourth-order valence-corrected chi connectivity index (χ4v) is 5.24. The number of ether oxygens (including phenoxy) is 3. The van der Waals surface area contributed by atoms with Crippen LogP contribution < -0.4 is 4.74 Å². The number of carbonyl (C=O) groups excluding carboxylic acids is 2. The van der Waals surface area contributed by atoms with Crippen molar-refractivity contribution in [3.8, 4) is 5.75 Å². The number of esters is 1. The molecule has 0 saturated carbocycles. The number of benzene rings is 2. The number of hydrogen-bond donors (Lipinski definition) is 0. The molecule has 1 fully saturated rings. The van der Waals surface area contributed by atoms with Crippen molar-refractivity contribution in [2.45, 2.75) is 64.8 Å². The van der Waals surface area contributed by atoms with Gasteiger partial charge in [0.1, 0.15) is 11.4 Å². The number of rotatable bonds is 6. The molecule has 1 saturated heterocycles. The Morgan fingerprint density at radius 1 is 1.15 bits per heavy atom. The van der Waals surface area contributed by atoms with Gasteiger partial charge in [-0.05, 0) is 88.0 Å². The first-order valence-corrected chi connectivity index (χ1v) is 12.9. The van der Waals surface area contributed by atoms with Crippen molar-refractivity contribution in [2.75, 3.05) is 20.8 Å². The number of aryl methyl sites for hydroxylation is 1. The van der Waals surface area contributed by atoms with Gasteiger partial charge in [-0.1, -0.05) is 17.2 Å². The van der Waals surface area contributed by atoms with Gasteiger partial charge in [0.2, 0.25) is 0 Å². The molecular formula is C29H35N5O5. The fraction of sp³-hybridized carbons (Fsp3) is 0.448. The van der Waals surface area contributed by atoms with Crippen molar-refractivity contribution in [3.63, 3.8) is 0 Å². The molecule has 0 unspecified atom stereocenters. The molecular weight excluding hydrogens is 498 g/mol. The maximum absolute atomic E-state index is 13.0. The largest absolute Gasteiger partial charge is 0.496 e. The highest BCUT2D eigenvalue weighted by Crippen LogP contribution is 2.38. The van der Waals surface area contributed by atoms with Crippen LogP contribution in [0.4, 0.5) is 4.79 Å². The number of nitrogens with zero attached hydrogens (tertiary/aromatic N) is 5. The van der Waals surface area contributed by atoms with Gasteiger partial charge in [-0.3, -0.25) is 9.47 Å². The molecule has 3 aromatic rings. The summed E-state index contributed by atoms with van der Waals surface area (Å²) < 4.78 is 17.8. The number of azide groups is 1. The third-order valence-electron chi connectivity index (χ3n) is 7.02. The lowest BCUT2D eigenvalue weighted by molar-refractivity contribution is 0.0542. The normalized spacial score (nSPS) is 17.9. The van der Waals surface area contributed by atoms with E-state index >= 15 is 0 Å². The van der Waals surface area contributed by atoms with Crippen molar-refractivity contribution in [1.82, 2.24) is 9.47 Å². The van der Waals surface area contributed by atoms with E-state index in [1.165, 1.54) is 7.11 Å². The second kappa shape index (κ2) is 11.4. The minimum atomic E-state index is -0.621. The topological polar surface area (TPSA) is 119 Å². The van der Waals surface area contributed by atoms with E-state index in [0.29, 0.717) is 25.1 Å². The molecule has 1 aliphatic heterocycles. The van der Waals surface area contributed by atoms with Gasteiger partial charge in [0, 0.05) is 40.7 Å².